The fraction of sp³-hybridized carbons (Fsp3) is 0.533. The number of piperidine rings is 1. The minimum Gasteiger partial charge on any atom is -0.351 e. The number of carbonyl (C=O) groups excluding carboxylic acids is 1. The van der Waals surface area contributed by atoms with E-state index >= 15 is 0 Å². The lowest BCUT2D eigenvalue weighted by molar-refractivity contribution is 0.183. The van der Waals surface area contributed by atoms with Gasteiger partial charge in [-0.2, -0.15) is 0 Å². The summed E-state index contributed by atoms with van der Waals surface area (Å²) in [6, 6.07) is 9.08. The van der Waals surface area contributed by atoms with Crippen LogP contribution in [0.25, 0.3) is 0 Å². The van der Waals surface area contributed by atoms with Crippen LogP contribution in [-0.4, -0.2) is 30.1 Å². The Bertz CT molecular complexity index is 439. The lowest BCUT2D eigenvalue weighted by Crippen LogP contribution is -2.47. The summed E-state index contributed by atoms with van der Waals surface area (Å²) in [5.41, 5.74) is 7.89. The van der Waals surface area contributed by atoms with E-state index < -0.39 is 0 Å². The highest BCUT2D eigenvalue weighted by Gasteiger charge is 2.22. The molecule has 1 heterocycles. The molecular formula is C15H23N3O. The lowest BCUT2D eigenvalue weighted by atomic mass is 10.0. The Kier molecular flexibility index (Phi) is 4.43. The van der Waals surface area contributed by atoms with Crippen LogP contribution in [0, 0.1) is 6.92 Å². The smallest absolute Gasteiger partial charge is 0.314 e. The Morgan fingerprint density at radius 1 is 1.42 bits per heavy atom. The van der Waals surface area contributed by atoms with Crippen molar-refractivity contribution in [1.82, 2.24) is 10.2 Å². The molecule has 2 rings (SSSR count). The van der Waals surface area contributed by atoms with Gasteiger partial charge in [0.05, 0.1) is 0 Å². The zero-order chi connectivity index (χ0) is 13.8. The van der Waals surface area contributed by atoms with Gasteiger partial charge in [-0.3, -0.25) is 0 Å². The monoisotopic (exact) mass is 261 g/mol. The SMILES string of the molecule is Cc1cccc([C@@H](C)NC2CCN(C(N)=O)CC2)c1. The number of rotatable bonds is 3. The molecule has 3 N–H and O–H groups in total. The number of primary amides is 1. The number of nitrogens with one attached hydrogen (secondary N) is 1. The summed E-state index contributed by atoms with van der Waals surface area (Å²) >= 11 is 0. The van der Waals surface area contributed by atoms with E-state index in [1.165, 1.54) is 11.1 Å². The quantitative estimate of drug-likeness (QED) is 0.876. The van der Waals surface area contributed by atoms with Crippen LogP contribution < -0.4 is 11.1 Å². The molecule has 0 aliphatic carbocycles. The molecule has 1 fully saturated rings. The van der Waals surface area contributed by atoms with Crippen molar-refractivity contribution in [3.63, 3.8) is 0 Å². The number of nitrogens with two attached hydrogens (primary N) is 1. The molecule has 0 unspecified atom stereocenters. The van der Waals surface area contributed by atoms with Crippen LogP contribution in [0.3, 0.4) is 0 Å². The third kappa shape index (κ3) is 3.70. The Morgan fingerprint density at radius 2 is 2.11 bits per heavy atom. The Hall–Kier alpha value is -1.55. The van der Waals surface area contributed by atoms with Crippen molar-refractivity contribution >= 4 is 6.03 Å². The molecular weight excluding hydrogens is 238 g/mol. The fourth-order valence-electron chi connectivity index (χ4n) is 2.66. The molecule has 104 valence electrons. The number of hydrogen-bond acceptors (Lipinski definition) is 2. The summed E-state index contributed by atoms with van der Waals surface area (Å²) in [6.07, 6.45) is 1.94. The van der Waals surface area contributed by atoms with Crippen molar-refractivity contribution in [2.45, 2.75) is 38.8 Å². The van der Waals surface area contributed by atoms with E-state index in [0.29, 0.717) is 12.1 Å². The van der Waals surface area contributed by atoms with Crippen molar-refractivity contribution in [2.75, 3.05) is 13.1 Å². The Labute approximate surface area is 115 Å². The summed E-state index contributed by atoms with van der Waals surface area (Å²) in [6.45, 7) is 5.82. The van der Waals surface area contributed by atoms with E-state index in [0.717, 1.165) is 25.9 Å². The first kappa shape index (κ1) is 13.9. The van der Waals surface area contributed by atoms with E-state index in [4.69, 9.17) is 5.73 Å². The fourth-order valence-corrected chi connectivity index (χ4v) is 2.66. The molecule has 0 radical (unpaired) electrons. The molecule has 1 aromatic carbocycles. The normalized spacial score (nSPS) is 18.3. The summed E-state index contributed by atoms with van der Waals surface area (Å²) in [5, 5.41) is 3.64. The van der Waals surface area contributed by atoms with Gasteiger partial charge < -0.3 is 16.0 Å². The minimum atomic E-state index is -0.301. The standard InChI is InChI=1S/C15H23N3O/c1-11-4-3-5-13(10-11)12(2)17-14-6-8-18(9-7-14)15(16)19/h3-5,10,12,14,17H,6-9H2,1-2H3,(H2,16,19)/t12-/m1/s1. The number of likely N-dealkylation sites (tertiary alicyclic amines) is 1. The van der Waals surface area contributed by atoms with Crippen LogP contribution in [0.2, 0.25) is 0 Å². The van der Waals surface area contributed by atoms with Crippen LogP contribution >= 0.6 is 0 Å². The summed E-state index contributed by atoms with van der Waals surface area (Å²) in [7, 11) is 0. The van der Waals surface area contributed by atoms with E-state index in [1.54, 1.807) is 4.90 Å². The van der Waals surface area contributed by atoms with Crippen molar-refractivity contribution in [3.8, 4) is 0 Å². The number of amides is 2. The predicted octanol–water partition coefficient (Wildman–Crippen LogP) is 2.19. The molecule has 2 amide bonds. The van der Waals surface area contributed by atoms with Crippen LogP contribution in [0.1, 0.15) is 36.9 Å². The second kappa shape index (κ2) is 6.06. The largest absolute Gasteiger partial charge is 0.351 e. The third-order valence-electron chi connectivity index (χ3n) is 3.83. The first-order chi connectivity index (χ1) is 9.06. The third-order valence-corrected chi connectivity index (χ3v) is 3.83. The van der Waals surface area contributed by atoms with E-state index in [-0.39, 0.29) is 6.03 Å². The van der Waals surface area contributed by atoms with Gasteiger partial charge in [0.15, 0.2) is 0 Å². The average Bonchev–Trinajstić information content (AvgIpc) is 2.39. The van der Waals surface area contributed by atoms with Crippen molar-refractivity contribution in [1.29, 1.82) is 0 Å². The lowest BCUT2D eigenvalue weighted by Gasteiger charge is -2.33. The summed E-state index contributed by atoms with van der Waals surface area (Å²) < 4.78 is 0. The molecule has 1 aromatic rings. The van der Waals surface area contributed by atoms with E-state index in [2.05, 4.69) is 43.4 Å². The number of nitrogens with zero attached hydrogens (tertiary/aromatic N) is 1. The summed E-state index contributed by atoms with van der Waals surface area (Å²) in [4.78, 5) is 12.8. The molecule has 0 spiro atoms. The van der Waals surface area contributed by atoms with Gasteiger partial charge in [-0.05, 0) is 32.3 Å². The van der Waals surface area contributed by atoms with Crippen LogP contribution in [-0.2, 0) is 0 Å². The average molecular weight is 261 g/mol. The molecule has 0 aromatic heterocycles. The van der Waals surface area contributed by atoms with Gasteiger partial charge in [-0.1, -0.05) is 29.8 Å². The van der Waals surface area contributed by atoms with Gasteiger partial charge in [0.1, 0.15) is 0 Å². The van der Waals surface area contributed by atoms with E-state index in [1.807, 2.05) is 0 Å². The van der Waals surface area contributed by atoms with E-state index in [9.17, 15) is 4.79 Å². The second-order valence-corrected chi connectivity index (χ2v) is 5.40. The van der Waals surface area contributed by atoms with Gasteiger partial charge in [-0.15, -0.1) is 0 Å². The Morgan fingerprint density at radius 3 is 2.68 bits per heavy atom. The van der Waals surface area contributed by atoms with Crippen LogP contribution in [0.15, 0.2) is 24.3 Å². The minimum absolute atomic E-state index is 0.301. The first-order valence-corrected chi connectivity index (χ1v) is 6.93. The van der Waals surface area contributed by atoms with Crippen molar-refractivity contribution < 1.29 is 4.79 Å². The zero-order valence-electron chi connectivity index (χ0n) is 11.7. The molecule has 1 aliphatic heterocycles. The van der Waals surface area contributed by atoms with Gasteiger partial charge >= 0.3 is 6.03 Å². The van der Waals surface area contributed by atoms with Crippen molar-refractivity contribution in [3.05, 3.63) is 35.4 Å². The topological polar surface area (TPSA) is 58.4 Å². The maximum Gasteiger partial charge on any atom is 0.314 e. The molecule has 1 atom stereocenters. The van der Waals surface area contributed by atoms with Crippen LogP contribution in [0.4, 0.5) is 4.79 Å². The molecule has 4 nitrogen and oxygen atoms in total. The number of hydrogen-bond donors (Lipinski definition) is 2. The van der Waals surface area contributed by atoms with Gasteiger partial charge in [0.2, 0.25) is 0 Å². The predicted molar refractivity (Wildman–Crippen MR) is 76.9 cm³/mol. The number of urea groups is 1. The maximum absolute atomic E-state index is 11.1. The zero-order valence-corrected chi connectivity index (χ0v) is 11.7. The molecule has 1 saturated heterocycles. The number of aryl methyl sites for hydroxylation is 1. The highest BCUT2D eigenvalue weighted by molar-refractivity contribution is 5.72. The van der Waals surface area contributed by atoms with Gasteiger partial charge in [0.25, 0.3) is 0 Å². The molecule has 0 saturated carbocycles. The second-order valence-electron chi connectivity index (χ2n) is 5.40. The molecule has 4 heteroatoms. The van der Waals surface area contributed by atoms with Crippen molar-refractivity contribution in [2.24, 2.45) is 5.73 Å². The van der Waals surface area contributed by atoms with Crippen LogP contribution in [0.5, 0.6) is 0 Å². The molecule has 0 bridgehead atoms. The Balaban J connectivity index is 1.87. The highest BCUT2D eigenvalue weighted by Crippen LogP contribution is 2.18. The highest BCUT2D eigenvalue weighted by atomic mass is 16.2. The number of benzene rings is 1. The first-order valence-electron chi connectivity index (χ1n) is 6.93. The summed E-state index contributed by atoms with van der Waals surface area (Å²) in [5.74, 6) is 0. The molecule has 1 aliphatic rings. The molecule has 19 heavy (non-hydrogen) atoms. The van der Waals surface area contributed by atoms with Gasteiger partial charge in [-0.25, -0.2) is 4.79 Å². The number of carbonyl (C=O) groups is 1. The van der Waals surface area contributed by atoms with Gasteiger partial charge in [0, 0.05) is 25.2 Å². The maximum atomic E-state index is 11.1.